The highest BCUT2D eigenvalue weighted by Crippen LogP contribution is 2.25. The molecular formula is C12H13F2N3O2. The Kier molecular flexibility index (Phi) is 5.33. The van der Waals surface area contributed by atoms with Gasteiger partial charge in [0.05, 0.1) is 30.0 Å². The predicted molar refractivity (Wildman–Crippen MR) is 62.1 cm³/mol. The molecule has 0 radical (unpaired) electrons. The van der Waals surface area contributed by atoms with Crippen molar-refractivity contribution in [2.24, 2.45) is 5.73 Å². The number of nitrogens with two attached hydrogens (primary N) is 1. The van der Waals surface area contributed by atoms with Crippen LogP contribution in [-0.4, -0.2) is 17.6 Å². The van der Waals surface area contributed by atoms with Gasteiger partial charge < -0.3 is 10.5 Å². The largest absolute Gasteiger partial charge is 0.466 e. The van der Waals surface area contributed by atoms with E-state index in [0.29, 0.717) is 0 Å². The lowest BCUT2D eigenvalue weighted by Crippen LogP contribution is -2.13. The summed E-state index contributed by atoms with van der Waals surface area (Å²) in [6.07, 6.45) is -3.06. The van der Waals surface area contributed by atoms with Gasteiger partial charge in [0.25, 0.3) is 6.43 Å². The molecule has 0 fully saturated rings. The van der Waals surface area contributed by atoms with E-state index >= 15 is 0 Å². The Hall–Kier alpha value is -2.07. The van der Waals surface area contributed by atoms with Crippen LogP contribution in [0.3, 0.4) is 0 Å². The maximum Gasteiger partial charge on any atom is 0.311 e. The molecule has 0 aromatic carbocycles. The van der Waals surface area contributed by atoms with Crippen LogP contribution < -0.4 is 5.73 Å². The third-order valence-corrected chi connectivity index (χ3v) is 2.35. The molecule has 0 spiro atoms. The van der Waals surface area contributed by atoms with Crippen molar-refractivity contribution < 1.29 is 18.3 Å². The fraction of sp³-hybridized carbons (Fsp3) is 0.417. The second-order valence-electron chi connectivity index (χ2n) is 3.62. The summed E-state index contributed by atoms with van der Waals surface area (Å²) < 4.78 is 30.4. The molecule has 0 unspecified atom stereocenters. The maximum atomic E-state index is 12.9. The lowest BCUT2D eigenvalue weighted by atomic mass is 10.0. The lowest BCUT2D eigenvalue weighted by molar-refractivity contribution is -0.142. The molecule has 1 aromatic rings. The van der Waals surface area contributed by atoms with Gasteiger partial charge in [0.15, 0.2) is 0 Å². The third kappa shape index (κ3) is 3.69. The first-order valence-electron chi connectivity index (χ1n) is 5.60. The normalized spacial score (nSPS) is 10.3. The Bertz CT molecular complexity index is 512. The van der Waals surface area contributed by atoms with Crippen molar-refractivity contribution in [2.75, 3.05) is 6.61 Å². The number of aromatic nitrogens is 1. The second-order valence-corrected chi connectivity index (χ2v) is 3.62. The summed E-state index contributed by atoms with van der Waals surface area (Å²) >= 11 is 0. The first-order valence-corrected chi connectivity index (χ1v) is 5.60. The highest BCUT2D eigenvalue weighted by Gasteiger charge is 2.19. The van der Waals surface area contributed by atoms with Gasteiger partial charge in [0.1, 0.15) is 6.07 Å². The van der Waals surface area contributed by atoms with Crippen LogP contribution in [0.25, 0.3) is 0 Å². The van der Waals surface area contributed by atoms with Crippen LogP contribution in [0.4, 0.5) is 8.78 Å². The number of alkyl halides is 2. The number of carbonyl (C=O) groups is 1. The lowest BCUT2D eigenvalue weighted by Gasteiger charge is -2.10. The molecule has 1 rings (SSSR count). The Morgan fingerprint density at radius 2 is 2.32 bits per heavy atom. The number of hydrogen-bond acceptors (Lipinski definition) is 5. The van der Waals surface area contributed by atoms with Crippen molar-refractivity contribution in [1.29, 1.82) is 5.26 Å². The van der Waals surface area contributed by atoms with Gasteiger partial charge in [-0.2, -0.15) is 5.26 Å². The summed E-state index contributed by atoms with van der Waals surface area (Å²) in [6.45, 7) is 1.68. The molecule has 102 valence electrons. The standard InChI is InChI=1S/C12H13F2N3O2/c1-2-19-11(18)4-7-3-8(12(13)14)9(5-15)10(6-16)17-7/h3,12H,2,4,6,16H2,1H3. The van der Waals surface area contributed by atoms with Crippen LogP contribution in [0.5, 0.6) is 0 Å². The quantitative estimate of drug-likeness (QED) is 0.817. The van der Waals surface area contributed by atoms with Crippen LogP contribution >= 0.6 is 0 Å². The van der Waals surface area contributed by atoms with E-state index in [1.165, 1.54) is 0 Å². The van der Waals surface area contributed by atoms with Crippen LogP contribution in [0.2, 0.25) is 0 Å². The number of ether oxygens (including phenoxy) is 1. The highest BCUT2D eigenvalue weighted by atomic mass is 19.3. The molecule has 0 aliphatic carbocycles. The topological polar surface area (TPSA) is 89.0 Å². The van der Waals surface area contributed by atoms with Gasteiger partial charge in [-0.3, -0.25) is 9.78 Å². The van der Waals surface area contributed by atoms with E-state index in [-0.39, 0.29) is 36.5 Å². The zero-order chi connectivity index (χ0) is 14.4. The number of nitrogens with zero attached hydrogens (tertiary/aromatic N) is 2. The summed E-state index contributed by atoms with van der Waals surface area (Å²) in [6, 6.07) is 2.70. The van der Waals surface area contributed by atoms with Crippen molar-refractivity contribution in [2.45, 2.75) is 26.3 Å². The van der Waals surface area contributed by atoms with E-state index in [9.17, 15) is 13.6 Å². The number of nitriles is 1. The van der Waals surface area contributed by atoms with E-state index in [0.717, 1.165) is 6.07 Å². The van der Waals surface area contributed by atoms with Gasteiger partial charge >= 0.3 is 5.97 Å². The minimum absolute atomic E-state index is 0.0552. The van der Waals surface area contributed by atoms with E-state index in [4.69, 9.17) is 15.7 Å². The molecule has 0 aliphatic rings. The molecular weight excluding hydrogens is 256 g/mol. The van der Waals surface area contributed by atoms with Crippen molar-refractivity contribution >= 4 is 5.97 Å². The fourth-order valence-corrected chi connectivity index (χ4v) is 1.58. The molecule has 0 aliphatic heterocycles. The smallest absolute Gasteiger partial charge is 0.311 e. The van der Waals surface area contributed by atoms with E-state index in [1.54, 1.807) is 13.0 Å². The molecule has 0 bridgehead atoms. The minimum Gasteiger partial charge on any atom is -0.466 e. The molecule has 2 N–H and O–H groups in total. The summed E-state index contributed by atoms with van der Waals surface area (Å²) in [5.74, 6) is -0.567. The Labute approximate surface area is 109 Å². The van der Waals surface area contributed by atoms with Crippen LogP contribution in [0.1, 0.15) is 35.9 Å². The molecule has 5 nitrogen and oxygen atoms in total. The minimum atomic E-state index is -2.83. The average Bonchev–Trinajstić information content (AvgIpc) is 2.37. The zero-order valence-corrected chi connectivity index (χ0v) is 10.3. The van der Waals surface area contributed by atoms with Crippen molar-refractivity contribution in [3.8, 4) is 6.07 Å². The Morgan fingerprint density at radius 3 is 2.79 bits per heavy atom. The SMILES string of the molecule is CCOC(=O)Cc1cc(C(F)F)c(C#N)c(CN)n1. The van der Waals surface area contributed by atoms with Crippen molar-refractivity contribution in [3.05, 3.63) is 28.6 Å². The van der Waals surface area contributed by atoms with E-state index < -0.39 is 18.0 Å². The van der Waals surface area contributed by atoms with Gasteiger partial charge in [0, 0.05) is 12.1 Å². The van der Waals surface area contributed by atoms with Gasteiger partial charge in [-0.1, -0.05) is 0 Å². The number of rotatable bonds is 5. The zero-order valence-electron chi connectivity index (χ0n) is 10.3. The third-order valence-electron chi connectivity index (χ3n) is 2.35. The molecule has 0 saturated carbocycles. The molecule has 7 heteroatoms. The van der Waals surface area contributed by atoms with Gasteiger partial charge in [-0.25, -0.2) is 8.78 Å². The van der Waals surface area contributed by atoms with E-state index in [1.807, 2.05) is 0 Å². The van der Waals surface area contributed by atoms with Crippen molar-refractivity contribution in [3.63, 3.8) is 0 Å². The number of esters is 1. The van der Waals surface area contributed by atoms with Crippen LogP contribution in [0.15, 0.2) is 6.07 Å². The average molecular weight is 269 g/mol. The molecule has 0 saturated heterocycles. The highest BCUT2D eigenvalue weighted by molar-refractivity contribution is 5.72. The summed E-state index contributed by atoms with van der Waals surface area (Å²) in [7, 11) is 0. The molecule has 0 amide bonds. The number of halogens is 2. The van der Waals surface area contributed by atoms with Crippen LogP contribution in [0, 0.1) is 11.3 Å². The van der Waals surface area contributed by atoms with Gasteiger partial charge in [-0.05, 0) is 13.0 Å². The molecule has 1 heterocycles. The summed E-state index contributed by atoms with van der Waals surface area (Å²) in [4.78, 5) is 15.2. The second kappa shape index (κ2) is 6.75. The van der Waals surface area contributed by atoms with Gasteiger partial charge in [0.2, 0.25) is 0 Å². The van der Waals surface area contributed by atoms with E-state index in [2.05, 4.69) is 4.98 Å². The predicted octanol–water partition coefficient (Wildman–Crippen LogP) is 1.46. The number of hydrogen-bond donors (Lipinski definition) is 1. The first-order chi connectivity index (χ1) is 9.03. The van der Waals surface area contributed by atoms with Gasteiger partial charge in [-0.15, -0.1) is 0 Å². The maximum absolute atomic E-state index is 12.9. The van der Waals surface area contributed by atoms with Crippen LogP contribution in [-0.2, 0) is 22.5 Å². The fourth-order valence-electron chi connectivity index (χ4n) is 1.58. The Balaban J connectivity index is 3.18. The van der Waals surface area contributed by atoms with Crippen molar-refractivity contribution in [1.82, 2.24) is 4.98 Å². The summed E-state index contributed by atoms with van der Waals surface area (Å²) in [5, 5.41) is 8.87. The monoisotopic (exact) mass is 269 g/mol. The first kappa shape index (κ1) is 15.0. The summed E-state index contributed by atoms with van der Waals surface area (Å²) in [5.41, 5.74) is 4.86. The molecule has 0 atom stereocenters. The molecule has 19 heavy (non-hydrogen) atoms. The Morgan fingerprint density at radius 1 is 1.63 bits per heavy atom. The number of pyridine rings is 1. The number of carbonyl (C=O) groups excluding carboxylic acids is 1. The molecule has 1 aromatic heterocycles.